The van der Waals surface area contributed by atoms with Crippen molar-refractivity contribution in [3.63, 3.8) is 0 Å². The van der Waals surface area contributed by atoms with E-state index in [1.807, 2.05) is 13.1 Å². The number of nitrogens with two attached hydrogens (primary N) is 1. The lowest BCUT2D eigenvalue weighted by Crippen LogP contribution is -2.31. The summed E-state index contributed by atoms with van der Waals surface area (Å²) >= 11 is 0. The van der Waals surface area contributed by atoms with E-state index in [1.165, 1.54) is 6.07 Å². The molecule has 1 unspecified atom stereocenters. The van der Waals surface area contributed by atoms with Crippen LogP contribution in [0.25, 0.3) is 0 Å². The van der Waals surface area contributed by atoms with E-state index in [0.29, 0.717) is 6.54 Å². The van der Waals surface area contributed by atoms with Crippen LogP contribution in [0, 0.1) is 0 Å². The summed E-state index contributed by atoms with van der Waals surface area (Å²) < 4.78 is 25.3. The Kier molecular flexibility index (Phi) is 6.22. The molecule has 0 radical (unpaired) electrons. The molecule has 0 spiro atoms. The van der Waals surface area contributed by atoms with Crippen molar-refractivity contribution in [2.75, 3.05) is 20.1 Å². The van der Waals surface area contributed by atoms with Crippen molar-refractivity contribution in [2.24, 2.45) is 5.73 Å². The number of rotatable bonds is 7. The standard InChI is InChI=1S/C14H22F2N2/c1-3-4-8-18(2)13(10-17)11-6-5-7-12(9-11)14(15)16/h5-7,9,13-14H,3-4,8,10,17H2,1-2H3. The highest BCUT2D eigenvalue weighted by molar-refractivity contribution is 5.27. The van der Waals surface area contributed by atoms with Crippen LogP contribution in [0.2, 0.25) is 0 Å². The maximum atomic E-state index is 12.7. The highest BCUT2D eigenvalue weighted by atomic mass is 19.3. The van der Waals surface area contributed by atoms with Gasteiger partial charge >= 0.3 is 0 Å². The monoisotopic (exact) mass is 256 g/mol. The fourth-order valence-corrected chi connectivity index (χ4v) is 2.04. The third-order valence-corrected chi connectivity index (χ3v) is 3.17. The molecule has 0 aliphatic carbocycles. The van der Waals surface area contributed by atoms with Gasteiger partial charge in [-0.2, -0.15) is 0 Å². The first-order valence-corrected chi connectivity index (χ1v) is 6.38. The van der Waals surface area contributed by atoms with Crippen LogP contribution in [0.3, 0.4) is 0 Å². The molecular weight excluding hydrogens is 234 g/mol. The quantitative estimate of drug-likeness (QED) is 0.810. The van der Waals surface area contributed by atoms with Crippen LogP contribution in [-0.2, 0) is 0 Å². The van der Waals surface area contributed by atoms with E-state index in [1.54, 1.807) is 12.1 Å². The zero-order valence-corrected chi connectivity index (χ0v) is 11.1. The summed E-state index contributed by atoms with van der Waals surface area (Å²) in [6, 6.07) is 6.56. The van der Waals surface area contributed by atoms with Crippen molar-refractivity contribution in [1.29, 1.82) is 0 Å². The summed E-state index contributed by atoms with van der Waals surface area (Å²) in [7, 11) is 1.99. The highest BCUT2D eigenvalue weighted by Crippen LogP contribution is 2.24. The number of hydrogen-bond acceptors (Lipinski definition) is 2. The van der Waals surface area contributed by atoms with Gasteiger partial charge in [-0.3, -0.25) is 4.90 Å². The third-order valence-electron chi connectivity index (χ3n) is 3.17. The third kappa shape index (κ3) is 4.03. The number of likely N-dealkylation sites (N-methyl/N-ethyl adjacent to an activating group) is 1. The van der Waals surface area contributed by atoms with Gasteiger partial charge in [0.1, 0.15) is 0 Å². The minimum Gasteiger partial charge on any atom is -0.329 e. The Labute approximate surface area is 108 Å². The molecule has 0 amide bonds. The minimum absolute atomic E-state index is 0.00949. The number of alkyl halides is 2. The van der Waals surface area contributed by atoms with Gasteiger partial charge in [0.25, 0.3) is 6.43 Å². The molecule has 4 heteroatoms. The molecule has 1 aromatic carbocycles. The molecule has 0 aliphatic heterocycles. The van der Waals surface area contributed by atoms with Crippen LogP contribution in [0.4, 0.5) is 8.78 Å². The number of hydrogen-bond donors (Lipinski definition) is 1. The number of nitrogens with zero attached hydrogens (tertiary/aromatic N) is 1. The zero-order valence-electron chi connectivity index (χ0n) is 11.1. The fourth-order valence-electron chi connectivity index (χ4n) is 2.04. The van der Waals surface area contributed by atoms with Gasteiger partial charge in [-0.15, -0.1) is 0 Å². The Bertz CT molecular complexity index is 355. The lowest BCUT2D eigenvalue weighted by atomic mass is 10.0. The van der Waals surface area contributed by atoms with Crippen LogP contribution in [0.1, 0.15) is 43.4 Å². The van der Waals surface area contributed by atoms with E-state index in [0.717, 1.165) is 24.9 Å². The normalized spacial score (nSPS) is 13.3. The topological polar surface area (TPSA) is 29.3 Å². The van der Waals surface area contributed by atoms with Crippen LogP contribution in [0.15, 0.2) is 24.3 Å². The molecule has 0 aromatic heterocycles. The molecule has 2 nitrogen and oxygen atoms in total. The summed E-state index contributed by atoms with van der Waals surface area (Å²) in [5, 5.41) is 0. The highest BCUT2D eigenvalue weighted by Gasteiger charge is 2.16. The molecule has 102 valence electrons. The van der Waals surface area contributed by atoms with Crippen molar-refractivity contribution in [2.45, 2.75) is 32.2 Å². The van der Waals surface area contributed by atoms with E-state index in [4.69, 9.17) is 5.73 Å². The first kappa shape index (κ1) is 15.1. The van der Waals surface area contributed by atoms with Crippen molar-refractivity contribution in [3.8, 4) is 0 Å². The lowest BCUT2D eigenvalue weighted by Gasteiger charge is -2.27. The van der Waals surface area contributed by atoms with Crippen LogP contribution >= 0.6 is 0 Å². The molecule has 1 atom stereocenters. The second kappa shape index (κ2) is 7.44. The molecular formula is C14H22F2N2. The number of benzene rings is 1. The Hall–Kier alpha value is -1.00. The van der Waals surface area contributed by atoms with E-state index in [9.17, 15) is 8.78 Å². The van der Waals surface area contributed by atoms with Crippen molar-refractivity contribution in [3.05, 3.63) is 35.4 Å². The van der Waals surface area contributed by atoms with Gasteiger partial charge in [0, 0.05) is 18.2 Å². The van der Waals surface area contributed by atoms with Gasteiger partial charge in [-0.05, 0) is 31.6 Å². The van der Waals surface area contributed by atoms with Crippen molar-refractivity contribution < 1.29 is 8.78 Å². The maximum Gasteiger partial charge on any atom is 0.263 e. The zero-order chi connectivity index (χ0) is 13.5. The average molecular weight is 256 g/mol. The van der Waals surface area contributed by atoms with Crippen LogP contribution < -0.4 is 5.73 Å². The molecule has 18 heavy (non-hydrogen) atoms. The van der Waals surface area contributed by atoms with Gasteiger partial charge in [-0.25, -0.2) is 8.78 Å². The molecule has 0 bridgehead atoms. The van der Waals surface area contributed by atoms with Gasteiger partial charge in [0.05, 0.1) is 0 Å². The maximum absolute atomic E-state index is 12.7. The lowest BCUT2D eigenvalue weighted by molar-refractivity contribution is 0.151. The predicted molar refractivity (Wildman–Crippen MR) is 70.7 cm³/mol. The Morgan fingerprint density at radius 1 is 1.28 bits per heavy atom. The number of halogens is 2. The van der Waals surface area contributed by atoms with E-state index in [2.05, 4.69) is 11.8 Å². The molecule has 0 saturated carbocycles. The van der Waals surface area contributed by atoms with E-state index < -0.39 is 6.43 Å². The fraction of sp³-hybridized carbons (Fsp3) is 0.571. The van der Waals surface area contributed by atoms with Gasteiger partial charge < -0.3 is 5.73 Å². The molecule has 0 heterocycles. The molecule has 0 aliphatic rings. The first-order chi connectivity index (χ1) is 8.60. The van der Waals surface area contributed by atoms with Crippen LogP contribution in [0.5, 0.6) is 0 Å². The Morgan fingerprint density at radius 2 is 1.94 bits per heavy atom. The SMILES string of the molecule is CCCCN(C)C(CN)c1cccc(C(F)F)c1. The molecule has 0 fully saturated rings. The average Bonchev–Trinajstić information content (AvgIpc) is 2.37. The Morgan fingerprint density at radius 3 is 2.50 bits per heavy atom. The summed E-state index contributed by atoms with van der Waals surface area (Å²) in [6.45, 7) is 3.49. The second-order valence-corrected chi connectivity index (χ2v) is 4.56. The van der Waals surface area contributed by atoms with Gasteiger partial charge in [0.15, 0.2) is 0 Å². The smallest absolute Gasteiger partial charge is 0.263 e. The summed E-state index contributed by atoms with van der Waals surface area (Å²) in [6.07, 6.45) is -0.232. The Balaban J connectivity index is 2.84. The second-order valence-electron chi connectivity index (χ2n) is 4.56. The summed E-state index contributed by atoms with van der Waals surface area (Å²) in [5.41, 5.74) is 6.71. The minimum atomic E-state index is -2.43. The van der Waals surface area contributed by atoms with Gasteiger partial charge in [-0.1, -0.05) is 31.5 Å². The molecule has 2 N–H and O–H groups in total. The van der Waals surface area contributed by atoms with E-state index in [-0.39, 0.29) is 11.6 Å². The van der Waals surface area contributed by atoms with Crippen LogP contribution in [-0.4, -0.2) is 25.0 Å². The number of unbranched alkanes of at least 4 members (excludes halogenated alkanes) is 1. The molecule has 0 saturated heterocycles. The van der Waals surface area contributed by atoms with Gasteiger partial charge in [0.2, 0.25) is 0 Å². The molecule has 1 aromatic rings. The predicted octanol–water partition coefficient (Wildman–Crippen LogP) is 3.36. The summed E-state index contributed by atoms with van der Waals surface area (Å²) in [5.74, 6) is 0. The largest absolute Gasteiger partial charge is 0.329 e. The first-order valence-electron chi connectivity index (χ1n) is 6.38. The summed E-state index contributed by atoms with van der Waals surface area (Å²) in [4.78, 5) is 2.13. The van der Waals surface area contributed by atoms with Crippen molar-refractivity contribution in [1.82, 2.24) is 4.90 Å². The van der Waals surface area contributed by atoms with E-state index >= 15 is 0 Å². The van der Waals surface area contributed by atoms with Crippen molar-refractivity contribution >= 4 is 0 Å². The molecule has 1 rings (SSSR count).